The van der Waals surface area contributed by atoms with Gasteiger partial charge in [0.2, 0.25) is 0 Å². The quantitative estimate of drug-likeness (QED) is 0.355. The van der Waals surface area contributed by atoms with Gasteiger partial charge in [-0.15, -0.1) is 0 Å². The number of hydrogen-bond acceptors (Lipinski definition) is 4. The number of unbranched alkanes of at least 4 members (excludes halogenated alkanes) is 2. The molecule has 1 rings (SSSR count). The van der Waals surface area contributed by atoms with E-state index in [0.717, 1.165) is 29.3 Å². The number of halogens is 1. The van der Waals surface area contributed by atoms with Crippen LogP contribution in [0.25, 0.3) is 0 Å². The molecule has 0 aliphatic heterocycles. The Bertz CT molecular complexity index is 442. The SMILES string of the molecule is CCCOC(=O)CCCCCOC(=O)c1ccc(I)cc1. The van der Waals surface area contributed by atoms with Crippen molar-refractivity contribution in [2.75, 3.05) is 13.2 Å². The zero-order valence-electron chi connectivity index (χ0n) is 12.3. The molecule has 0 saturated carbocycles. The number of hydrogen-bond donors (Lipinski definition) is 0. The van der Waals surface area contributed by atoms with Crippen LogP contribution in [0, 0.1) is 3.57 Å². The monoisotopic (exact) mass is 404 g/mol. The van der Waals surface area contributed by atoms with E-state index in [0.29, 0.717) is 25.2 Å². The molecule has 116 valence electrons. The van der Waals surface area contributed by atoms with Crippen LogP contribution >= 0.6 is 22.6 Å². The molecule has 4 nitrogen and oxygen atoms in total. The molecule has 1 aromatic rings. The van der Waals surface area contributed by atoms with Crippen molar-refractivity contribution in [2.24, 2.45) is 0 Å². The maximum atomic E-state index is 11.7. The summed E-state index contributed by atoms with van der Waals surface area (Å²) in [5.74, 6) is -0.443. The molecule has 1 aromatic carbocycles. The highest BCUT2D eigenvalue weighted by atomic mass is 127. The lowest BCUT2D eigenvalue weighted by atomic mass is 10.2. The Morgan fingerprint density at radius 3 is 2.38 bits per heavy atom. The van der Waals surface area contributed by atoms with Crippen LogP contribution in [0.4, 0.5) is 0 Å². The summed E-state index contributed by atoms with van der Waals surface area (Å²) in [6.07, 6.45) is 3.66. The summed E-state index contributed by atoms with van der Waals surface area (Å²) in [7, 11) is 0. The fraction of sp³-hybridized carbons (Fsp3) is 0.500. The van der Waals surface area contributed by atoms with E-state index in [4.69, 9.17) is 9.47 Å². The molecular formula is C16H21IO4. The fourth-order valence-corrected chi connectivity index (χ4v) is 2.03. The second kappa shape index (κ2) is 10.6. The smallest absolute Gasteiger partial charge is 0.338 e. The maximum absolute atomic E-state index is 11.7. The summed E-state index contributed by atoms with van der Waals surface area (Å²) in [5.41, 5.74) is 0.568. The highest BCUT2D eigenvalue weighted by Crippen LogP contribution is 2.09. The topological polar surface area (TPSA) is 52.6 Å². The molecule has 0 atom stereocenters. The van der Waals surface area contributed by atoms with E-state index in [1.165, 1.54) is 0 Å². The number of benzene rings is 1. The average molecular weight is 404 g/mol. The van der Waals surface area contributed by atoms with Gasteiger partial charge in [-0.1, -0.05) is 6.92 Å². The normalized spacial score (nSPS) is 10.2. The van der Waals surface area contributed by atoms with Crippen LogP contribution in [0.2, 0.25) is 0 Å². The number of carbonyl (C=O) groups excluding carboxylic acids is 2. The van der Waals surface area contributed by atoms with Crippen molar-refractivity contribution in [1.29, 1.82) is 0 Å². The maximum Gasteiger partial charge on any atom is 0.338 e. The Labute approximate surface area is 139 Å². The van der Waals surface area contributed by atoms with Crippen LogP contribution in [-0.2, 0) is 14.3 Å². The first-order valence-electron chi connectivity index (χ1n) is 7.21. The van der Waals surface area contributed by atoms with Gasteiger partial charge in [-0.05, 0) is 72.5 Å². The summed E-state index contributed by atoms with van der Waals surface area (Å²) < 4.78 is 11.2. The molecule has 0 radical (unpaired) electrons. The fourth-order valence-electron chi connectivity index (χ4n) is 1.67. The van der Waals surface area contributed by atoms with Gasteiger partial charge in [0.05, 0.1) is 18.8 Å². The van der Waals surface area contributed by atoms with Gasteiger partial charge >= 0.3 is 11.9 Å². The van der Waals surface area contributed by atoms with E-state index in [9.17, 15) is 9.59 Å². The van der Waals surface area contributed by atoms with Crippen LogP contribution < -0.4 is 0 Å². The lowest BCUT2D eigenvalue weighted by Crippen LogP contribution is -2.07. The van der Waals surface area contributed by atoms with Crippen molar-refractivity contribution in [3.63, 3.8) is 0 Å². The Morgan fingerprint density at radius 2 is 1.71 bits per heavy atom. The van der Waals surface area contributed by atoms with E-state index in [1.807, 2.05) is 19.1 Å². The lowest BCUT2D eigenvalue weighted by molar-refractivity contribution is -0.143. The first kappa shape index (κ1) is 17.9. The minimum atomic E-state index is -0.297. The van der Waals surface area contributed by atoms with E-state index < -0.39 is 0 Å². The van der Waals surface area contributed by atoms with Crippen LogP contribution in [0.1, 0.15) is 49.4 Å². The molecule has 0 amide bonds. The molecule has 0 bridgehead atoms. The molecule has 0 N–H and O–H groups in total. The average Bonchev–Trinajstić information content (AvgIpc) is 2.49. The molecule has 0 aliphatic carbocycles. The number of ether oxygens (including phenoxy) is 2. The molecule has 0 spiro atoms. The van der Waals surface area contributed by atoms with E-state index >= 15 is 0 Å². The molecule has 0 aliphatic rings. The van der Waals surface area contributed by atoms with Gasteiger partial charge in [0, 0.05) is 9.99 Å². The van der Waals surface area contributed by atoms with Crippen LogP contribution in [0.15, 0.2) is 24.3 Å². The van der Waals surface area contributed by atoms with Gasteiger partial charge in [-0.3, -0.25) is 4.79 Å². The summed E-state index contributed by atoms with van der Waals surface area (Å²) in [5, 5.41) is 0. The first-order valence-corrected chi connectivity index (χ1v) is 8.29. The molecular weight excluding hydrogens is 383 g/mol. The van der Waals surface area contributed by atoms with Gasteiger partial charge in [-0.2, -0.15) is 0 Å². The largest absolute Gasteiger partial charge is 0.466 e. The van der Waals surface area contributed by atoms with Crippen molar-refractivity contribution < 1.29 is 19.1 Å². The Balaban J connectivity index is 2.07. The van der Waals surface area contributed by atoms with Gasteiger partial charge in [0.1, 0.15) is 0 Å². The Hall–Kier alpha value is -1.11. The zero-order chi connectivity index (χ0) is 15.5. The third-order valence-corrected chi connectivity index (χ3v) is 3.52. The molecule has 5 heteroatoms. The van der Waals surface area contributed by atoms with Gasteiger partial charge < -0.3 is 9.47 Å². The summed E-state index contributed by atoms with van der Waals surface area (Å²) in [6.45, 7) is 2.84. The molecule has 0 fully saturated rings. The van der Waals surface area contributed by atoms with E-state index in [-0.39, 0.29) is 11.9 Å². The Morgan fingerprint density at radius 1 is 1.00 bits per heavy atom. The molecule has 21 heavy (non-hydrogen) atoms. The van der Waals surface area contributed by atoms with Gasteiger partial charge in [-0.25, -0.2) is 4.79 Å². The van der Waals surface area contributed by atoms with Crippen molar-refractivity contribution in [3.8, 4) is 0 Å². The second-order valence-electron chi connectivity index (χ2n) is 4.67. The number of rotatable bonds is 9. The second-order valence-corrected chi connectivity index (χ2v) is 5.92. The third-order valence-electron chi connectivity index (χ3n) is 2.81. The van der Waals surface area contributed by atoms with Gasteiger partial charge in [0.15, 0.2) is 0 Å². The summed E-state index contributed by atoms with van der Waals surface area (Å²) in [6, 6.07) is 7.26. The minimum Gasteiger partial charge on any atom is -0.466 e. The first-order chi connectivity index (χ1) is 10.1. The van der Waals surface area contributed by atoms with Crippen molar-refractivity contribution in [1.82, 2.24) is 0 Å². The molecule has 0 saturated heterocycles. The molecule has 0 unspecified atom stereocenters. The van der Waals surface area contributed by atoms with Crippen LogP contribution in [0.3, 0.4) is 0 Å². The lowest BCUT2D eigenvalue weighted by Gasteiger charge is -2.05. The van der Waals surface area contributed by atoms with E-state index in [2.05, 4.69) is 22.6 Å². The van der Waals surface area contributed by atoms with Crippen molar-refractivity contribution >= 4 is 34.5 Å². The summed E-state index contributed by atoms with van der Waals surface area (Å²) in [4.78, 5) is 23.0. The minimum absolute atomic E-state index is 0.146. The molecule has 0 heterocycles. The van der Waals surface area contributed by atoms with E-state index in [1.54, 1.807) is 12.1 Å². The predicted octanol–water partition coefficient (Wildman–Crippen LogP) is 3.96. The standard InChI is InChI=1S/C16H21IO4/c1-2-11-20-15(18)6-4-3-5-12-21-16(19)13-7-9-14(17)10-8-13/h7-10H,2-6,11-12H2,1H3. The van der Waals surface area contributed by atoms with Crippen molar-refractivity contribution in [2.45, 2.75) is 39.0 Å². The predicted molar refractivity (Wildman–Crippen MR) is 89.2 cm³/mol. The summed E-state index contributed by atoms with van der Waals surface area (Å²) >= 11 is 2.19. The molecule has 0 aromatic heterocycles. The number of carbonyl (C=O) groups is 2. The highest BCUT2D eigenvalue weighted by Gasteiger charge is 2.06. The number of esters is 2. The highest BCUT2D eigenvalue weighted by molar-refractivity contribution is 14.1. The van der Waals surface area contributed by atoms with Crippen LogP contribution in [0.5, 0.6) is 0 Å². The third kappa shape index (κ3) is 8.04. The van der Waals surface area contributed by atoms with Crippen molar-refractivity contribution in [3.05, 3.63) is 33.4 Å². The Kier molecular flexibility index (Phi) is 9.05. The zero-order valence-corrected chi connectivity index (χ0v) is 14.4. The van der Waals surface area contributed by atoms with Gasteiger partial charge in [0.25, 0.3) is 0 Å². The van der Waals surface area contributed by atoms with Crippen LogP contribution in [-0.4, -0.2) is 25.2 Å².